The number of nitrogens with zero attached hydrogens (tertiary/aromatic N) is 2. The fraction of sp³-hybridized carbons (Fsp3) is 0.533. The number of nitrogens with one attached hydrogen (secondary N) is 1. The summed E-state index contributed by atoms with van der Waals surface area (Å²) in [5.41, 5.74) is 6.81. The second-order valence-electron chi connectivity index (χ2n) is 5.81. The molecule has 1 aliphatic heterocycles. The number of hydrogen-bond acceptors (Lipinski definition) is 3. The second-order valence-corrected chi connectivity index (χ2v) is 5.81. The van der Waals surface area contributed by atoms with Gasteiger partial charge in [0, 0.05) is 44.3 Å². The lowest BCUT2D eigenvalue weighted by molar-refractivity contribution is 0.121. The zero-order valence-corrected chi connectivity index (χ0v) is 11.6. The van der Waals surface area contributed by atoms with E-state index >= 15 is 0 Å². The van der Waals surface area contributed by atoms with Crippen LogP contribution in [0.5, 0.6) is 0 Å². The van der Waals surface area contributed by atoms with Gasteiger partial charge in [0.05, 0.1) is 0 Å². The van der Waals surface area contributed by atoms with E-state index in [1.807, 2.05) is 6.07 Å². The monoisotopic (exact) mass is 276 g/mol. The first-order valence-corrected chi connectivity index (χ1v) is 7.22. The molecular weight excluding hydrogens is 255 g/mol. The molecule has 108 valence electrons. The lowest BCUT2D eigenvalue weighted by Gasteiger charge is -2.34. The van der Waals surface area contributed by atoms with Crippen LogP contribution in [0.1, 0.15) is 24.0 Å². The third-order valence-electron chi connectivity index (χ3n) is 4.14. The summed E-state index contributed by atoms with van der Waals surface area (Å²) in [5, 5.41) is 7.42. The van der Waals surface area contributed by atoms with Crippen molar-refractivity contribution in [3.8, 4) is 0 Å². The molecule has 1 aliphatic carbocycles. The van der Waals surface area contributed by atoms with Crippen molar-refractivity contribution >= 4 is 5.84 Å². The maximum atomic E-state index is 13.5. The quantitative estimate of drug-likeness (QED) is 0.645. The molecule has 0 bridgehead atoms. The Morgan fingerprint density at radius 1 is 1.20 bits per heavy atom. The number of halogens is 1. The van der Waals surface area contributed by atoms with Crippen LogP contribution in [0, 0.1) is 11.2 Å². The smallest absolute Gasteiger partial charge is 0.124 e. The lowest BCUT2D eigenvalue weighted by Crippen LogP contribution is -2.46. The van der Waals surface area contributed by atoms with Gasteiger partial charge in [0.25, 0.3) is 0 Å². The van der Waals surface area contributed by atoms with E-state index in [-0.39, 0.29) is 11.7 Å². The van der Waals surface area contributed by atoms with Crippen molar-refractivity contribution in [1.82, 2.24) is 9.80 Å². The van der Waals surface area contributed by atoms with Gasteiger partial charge in [0.1, 0.15) is 11.7 Å². The van der Waals surface area contributed by atoms with Crippen molar-refractivity contribution in [1.29, 1.82) is 5.41 Å². The summed E-state index contributed by atoms with van der Waals surface area (Å²) in [7, 11) is 0. The summed E-state index contributed by atoms with van der Waals surface area (Å²) in [6.45, 7) is 5.01. The van der Waals surface area contributed by atoms with Gasteiger partial charge < -0.3 is 5.73 Å². The van der Waals surface area contributed by atoms with Gasteiger partial charge in [-0.2, -0.15) is 0 Å². The molecule has 0 aromatic heterocycles. The van der Waals surface area contributed by atoms with Crippen LogP contribution in [0.4, 0.5) is 4.39 Å². The molecule has 3 N–H and O–H groups in total. The Labute approximate surface area is 118 Å². The summed E-state index contributed by atoms with van der Waals surface area (Å²) in [5.74, 6) is -0.395. The van der Waals surface area contributed by atoms with E-state index in [1.165, 1.54) is 18.9 Å². The average Bonchev–Trinajstić information content (AvgIpc) is 3.23. The molecule has 3 rings (SSSR count). The van der Waals surface area contributed by atoms with Crippen molar-refractivity contribution in [3.05, 3.63) is 35.1 Å². The molecule has 0 unspecified atom stereocenters. The minimum absolute atomic E-state index is 0.0793. The van der Waals surface area contributed by atoms with E-state index in [9.17, 15) is 4.39 Å². The molecule has 5 heteroatoms. The van der Waals surface area contributed by atoms with Gasteiger partial charge in [-0.3, -0.25) is 15.2 Å². The van der Waals surface area contributed by atoms with E-state index in [0.29, 0.717) is 5.56 Å². The summed E-state index contributed by atoms with van der Waals surface area (Å²) < 4.78 is 13.5. The first kappa shape index (κ1) is 13.5. The SMILES string of the molecule is N=C(N)c1cc(F)cc(CN2CCN(C3CC3)CC2)c1. The summed E-state index contributed by atoms with van der Waals surface area (Å²) in [6, 6.07) is 5.51. The van der Waals surface area contributed by atoms with Crippen molar-refractivity contribution < 1.29 is 4.39 Å². The number of amidine groups is 1. The van der Waals surface area contributed by atoms with Crippen LogP contribution in [0.3, 0.4) is 0 Å². The molecule has 1 heterocycles. The topological polar surface area (TPSA) is 56.4 Å². The molecule has 2 aliphatic rings. The van der Waals surface area contributed by atoms with Gasteiger partial charge >= 0.3 is 0 Å². The maximum Gasteiger partial charge on any atom is 0.124 e. The van der Waals surface area contributed by atoms with Crippen LogP contribution in [0.15, 0.2) is 18.2 Å². The highest BCUT2D eigenvalue weighted by Gasteiger charge is 2.31. The minimum atomic E-state index is -0.315. The first-order valence-electron chi connectivity index (χ1n) is 7.22. The van der Waals surface area contributed by atoms with Crippen molar-refractivity contribution in [2.75, 3.05) is 26.2 Å². The molecular formula is C15H21FN4. The molecule has 4 nitrogen and oxygen atoms in total. The number of piperazine rings is 1. The highest BCUT2D eigenvalue weighted by atomic mass is 19.1. The number of nitrogen functional groups attached to an aromatic ring is 1. The molecule has 1 aromatic carbocycles. The summed E-state index contributed by atoms with van der Waals surface area (Å²) in [4.78, 5) is 4.90. The molecule has 2 fully saturated rings. The zero-order valence-electron chi connectivity index (χ0n) is 11.6. The Kier molecular flexibility index (Phi) is 3.72. The van der Waals surface area contributed by atoms with Crippen LogP contribution in [0.25, 0.3) is 0 Å². The van der Waals surface area contributed by atoms with Crippen molar-refractivity contribution in [2.45, 2.75) is 25.4 Å². The van der Waals surface area contributed by atoms with Crippen LogP contribution in [-0.2, 0) is 6.54 Å². The standard InChI is InChI=1S/C15H21FN4/c16-13-8-11(7-12(9-13)15(17)18)10-19-3-5-20(6-4-19)14-1-2-14/h7-9,14H,1-6,10H2,(H3,17,18). The van der Waals surface area contributed by atoms with E-state index in [2.05, 4.69) is 9.80 Å². The zero-order chi connectivity index (χ0) is 14.1. The number of nitrogens with two attached hydrogens (primary N) is 1. The maximum absolute atomic E-state index is 13.5. The Hall–Kier alpha value is -1.46. The number of hydrogen-bond donors (Lipinski definition) is 2. The fourth-order valence-corrected chi connectivity index (χ4v) is 2.88. The largest absolute Gasteiger partial charge is 0.384 e. The predicted molar refractivity (Wildman–Crippen MR) is 77.3 cm³/mol. The van der Waals surface area contributed by atoms with Crippen LogP contribution >= 0.6 is 0 Å². The highest BCUT2D eigenvalue weighted by molar-refractivity contribution is 5.95. The van der Waals surface area contributed by atoms with Crippen LogP contribution in [-0.4, -0.2) is 47.9 Å². The Balaban J connectivity index is 1.61. The molecule has 1 aromatic rings. The van der Waals surface area contributed by atoms with Gasteiger partial charge in [0.15, 0.2) is 0 Å². The van der Waals surface area contributed by atoms with Gasteiger partial charge in [-0.15, -0.1) is 0 Å². The Bertz CT molecular complexity index is 505. The Morgan fingerprint density at radius 2 is 1.90 bits per heavy atom. The van der Waals surface area contributed by atoms with E-state index < -0.39 is 0 Å². The molecule has 1 saturated heterocycles. The summed E-state index contributed by atoms with van der Waals surface area (Å²) >= 11 is 0. The van der Waals surface area contributed by atoms with Crippen molar-refractivity contribution in [3.63, 3.8) is 0 Å². The number of rotatable bonds is 4. The molecule has 0 spiro atoms. The lowest BCUT2D eigenvalue weighted by atomic mass is 10.1. The highest BCUT2D eigenvalue weighted by Crippen LogP contribution is 2.27. The second kappa shape index (κ2) is 5.50. The first-order chi connectivity index (χ1) is 9.61. The summed E-state index contributed by atoms with van der Waals surface area (Å²) in [6.07, 6.45) is 2.71. The van der Waals surface area contributed by atoms with Crippen molar-refractivity contribution in [2.24, 2.45) is 5.73 Å². The molecule has 0 amide bonds. The molecule has 0 atom stereocenters. The molecule has 1 saturated carbocycles. The molecule has 0 radical (unpaired) electrons. The molecule has 20 heavy (non-hydrogen) atoms. The third kappa shape index (κ3) is 3.16. The third-order valence-corrected chi connectivity index (χ3v) is 4.14. The van der Waals surface area contributed by atoms with Gasteiger partial charge in [-0.25, -0.2) is 4.39 Å². The average molecular weight is 276 g/mol. The van der Waals surface area contributed by atoms with E-state index in [0.717, 1.165) is 44.3 Å². The van der Waals surface area contributed by atoms with Gasteiger partial charge in [-0.1, -0.05) is 0 Å². The van der Waals surface area contributed by atoms with Gasteiger partial charge in [-0.05, 0) is 36.6 Å². The van der Waals surface area contributed by atoms with Crippen LogP contribution in [0.2, 0.25) is 0 Å². The normalized spacial score (nSPS) is 21.1. The van der Waals surface area contributed by atoms with Crippen LogP contribution < -0.4 is 5.73 Å². The predicted octanol–water partition coefficient (Wildman–Crippen LogP) is 1.39. The Morgan fingerprint density at radius 3 is 2.50 bits per heavy atom. The van der Waals surface area contributed by atoms with Gasteiger partial charge in [0.2, 0.25) is 0 Å². The van der Waals surface area contributed by atoms with E-state index in [1.54, 1.807) is 6.07 Å². The fourth-order valence-electron chi connectivity index (χ4n) is 2.88. The number of benzene rings is 1. The van der Waals surface area contributed by atoms with E-state index in [4.69, 9.17) is 11.1 Å². The minimum Gasteiger partial charge on any atom is -0.384 e.